The molecule has 2 aromatic carbocycles. The summed E-state index contributed by atoms with van der Waals surface area (Å²) in [6.45, 7) is 2.20. The minimum atomic E-state index is -4.52. The number of nitrogens with zero attached hydrogens (tertiary/aromatic N) is 7. The Labute approximate surface area is 263 Å². The van der Waals surface area contributed by atoms with E-state index in [1.807, 2.05) is 41.6 Å². The normalized spacial score (nSPS) is 16.5. The molecule has 1 unspecified atom stereocenters. The largest absolute Gasteiger partial charge is 0.497 e. The van der Waals surface area contributed by atoms with Crippen LogP contribution in [0.5, 0.6) is 11.5 Å². The van der Waals surface area contributed by atoms with Crippen molar-refractivity contribution in [3.05, 3.63) is 89.8 Å². The summed E-state index contributed by atoms with van der Waals surface area (Å²) in [4.78, 5) is 13.8. The number of alkyl halides is 3. The highest BCUT2D eigenvalue weighted by atomic mass is 19.4. The van der Waals surface area contributed by atoms with Gasteiger partial charge in [0, 0.05) is 66.7 Å². The first-order valence-corrected chi connectivity index (χ1v) is 15.1. The predicted molar refractivity (Wildman–Crippen MR) is 168 cm³/mol. The summed E-state index contributed by atoms with van der Waals surface area (Å²) in [6.07, 6.45) is 1.22. The van der Waals surface area contributed by atoms with E-state index in [1.165, 1.54) is 0 Å². The molecule has 5 aromatic rings. The van der Waals surface area contributed by atoms with E-state index >= 15 is 0 Å². The summed E-state index contributed by atoms with van der Waals surface area (Å²) in [5, 5.41) is 12.8. The van der Waals surface area contributed by atoms with Crippen LogP contribution in [0.15, 0.2) is 67.0 Å². The fraction of sp³-hybridized carbons (Fsp3) is 0.333. The van der Waals surface area contributed by atoms with E-state index in [9.17, 15) is 13.2 Å². The summed E-state index contributed by atoms with van der Waals surface area (Å²) in [7, 11) is 3.28. The Hall–Kier alpha value is -5.07. The van der Waals surface area contributed by atoms with Gasteiger partial charge in [-0.3, -0.25) is 0 Å². The number of ether oxygens (including phenoxy) is 2. The van der Waals surface area contributed by atoms with Crippen molar-refractivity contribution >= 4 is 28.1 Å². The smallest absolute Gasteiger partial charge is 0.451 e. The van der Waals surface area contributed by atoms with Gasteiger partial charge in [-0.1, -0.05) is 18.2 Å². The predicted octanol–water partition coefficient (Wildman–Crippen LogP) is 6.23. The number of nitrogens with one attached hydrogen (secondary N) is 1. The maximum absolute atomic E-state index is 13.3. The van der Waals surface area contributed by atoms with Gasteiger partial charge in [0.25, 0.3) is 0 Å². The Balaban J connectivity index is 1.10. The third-order valence-corrected chi connectivity index (χ3v) is 8.77. The zero-order chi connectivity index (χ0) is 31.8. The molecule has 1 fully saturated rings. The van der Waals surface area contributed by atoms with Crippen LogP contribution in [-0.2, 0) is 25.8 Å². The van der Waals surface area contributed by atoms with Crippen LogP contribution < -0.4 is 24.6 Å². The third kappa shape index (κ3) is 5.50. The van der Waals surface area contributed by atoms with E-state index in [1.54, 1.807) is 14.2 Å². The number of pyridine rings is 2. The van der Waals surface area contributed by atoms with E-state index in [4.69, 9.17) is 14.5 Å². The first-order valence-electron chi connectivity index (χ1n) is 15.1. The van der Waals surface area contributed by atoms with Gasteiger partial charge in [0.15, 0.2) is 5.82 Å². The summed E-state index contributed by atoms with van der Waals surface area (Å²) in [6, 6.07) is 18.3. The number of benzene rings is 2. The van der Waals surface area contributed by atoms with Gasteiger partial charge in [-0.25, -0.2) is 9.97 Å². The SMILES string of the molecule is COc1ccc(CNc2nccc3c(N4CCCC4c4ccc(N5CCn6c(nnc6C(F)(F)F)C5)nc4)cccc23)c(OC)c1. The number of hydrogen-bond donors (Lipinski definition) is 1. The molecule has 0 bridgehead atoms. The van der Waals surface area contributed by atoms with Crippen molar-refractivity contribution in [1.29, 1.82) is 0 Å². The van der Waals surface area contributed by atoms with Gasteiger partial charge >= 0.3 is 6.18 Å². The Morgan fingerprint density at radius 2 is 1.83 bits per heavy atom. The molecule has 0 aliphatic carbocycles. The van der Waals surface area contributed by atoms with Crippen molar-refractivity contribution in [3.63, 3.8) is 0 Å². The van der Waals surface area contributed by atoms with Crippen molar-refractivity contribution in [2.75, 3.05) is 42.4 Å². The second-order valence-corrected chi connectivity index (χ2v) is 11.4. The van der Waals surface area contributed by atoms with E-state index in [0.717, 1.165) is 68.9 Å². The average molecular weight is 631 g/mol. The molecule has 1 saturated heterocycles. The summed E-state index contributed by atoms with van der Waals surface area (Å²) >= 11 is 0. The second kappa shape index (κ2) is 12.0. The molecule has 46 heavy (non-hydrogen) atoms. The molecule has 10 nitrogen and oxygen atoms in total. The highest BCUT2D eigenvalue weighted by Crippen LogP contribution is 2.41. The second-order valence-electron chi connectivity index (χ2n) is 11.4. The van der Waals surface area contributed by atoms with Crippen molar-refractivity contribution in [2.24, 2.45) is 0 Å². The fourth-order valence-corrected chi connectivity index (χ4v) is 6.50. The number of hydrogen-bond acceptors (Lipinski definition) is 9. The molecule has 3 aromatic heterocycles. The van der Waals surface area contributed by atoms with E-state index in [2.05, 4.69) is 55.7 Å². The van der Waals surface area contributed by atoms with E-state index in [-0.39, 0.29) is 25.0 Å². The van der Waals surface area contributed by atoms with Crippen LogP contribution in [0.1, 0.15) is 41.7 Å². The van der Waals surface area contributed by atoms with Crippen LogP contribution in [-0.4, -0.2) is 52.0 Å². The lowest BCUT2D eigenvalue weighted by molar-refractivity contribution is -0.147. The number of methoxy groups -OCH3 is 2. The zero-order valence-corrected chi connectivity index (χ0v) is 25.5. The van der Waals surface area contributed by atoms with Crippen LogP contribution in [0.25, 0.3) is 10.8 Å². The summed E-state index contributed by atoms with van der Waals surface area (Å²) in [5.74, 6) is 2.31. The highest BCUT2D eigenvalue weighted by Gasteiger charge is 2.39. The van der Waals surface area contributed by atoms with Crippen LogP contribution in [0, 0.1) is 0 Å². The van der Waals surface area contributed by atoms with Crippen LogP contribution in [0.4, 0.5) is 30.5 Å². The first kappa shape index (κ1) is 29.6. The van der Waals surface area contributed by atoms with E-state index in [0.29, 0.717) is 18.9 Å². The van der Waals surface area contributed by atoms with Crippen molar-refractivity contribution in [3.8, 4) is 11.5 Å². The number of fused-ring (bicyclic) bond motifs is 2. The van der Waals surface area contributed by atoms with Gasteiger partial charge in [0.2, 0.25) is 5.82 Å². The van der Waals surface area contributed by atoms with Crippen LogP contribution >= 0.6 is 0 Å². The Bertz CT molecular complexity index is 1860. The lowest BCUT2D eigenvalue weighted by Gasteiger charge is -2.30. The first-order chi connectivity index (χ1) is 22.3. The minimum absolute atomic E-state index is 0.138. The maximum atomic E-state index is 13.3. The van der Waals surface area contributed by atoms with Crippen LogP contribution in [0.2, 0.25) is 0 Å². The molecular weight excluding hydrogens is 597 g/mol. The Kier molecular flexibility index (Phi) is 7.75. The van der Waals surface area contributed by atoms with E-state index < -0.39 is 12.0 Å². The highest BCUT2D eigenvalue weighted by molar-refractivity contribution is 6.00. The maximum Gasteiger partial charge on any atom is 0.451 e. The van der Waals surface area contributed by atoms with Gasteiger partial charge < -0.3 is 29.2 Å². The quantitative estimate of drug-likeness (QED) is 0.214. The molecule has 0 spiro atoms. The molecule has 1 atom stereocenters. The number of anilines is 3. The Morgan fingerprint density at radius 1 is 0.935 bits per heavy atom. The number of halogens is 3. The molecule has 5 heterocycles. The average Bonchev–Trinajstić information content (AvgIpc) is 3.75. The molecule has 7 rings (SSSR count). The van der Waals surface area contributed by atoms with Gasteiger partial charge in [-0.15, -0.1) is 10.2 Å². The van der Waals surface area contributed by atoms with Gasteiger partial charge in [0.1, 0.15) is 23.1 Å². The van der Waals surface area contributed by atoms with Crippen molar-refractivity contribution < 1.29 is 22.6 Å². The standard InChI is InChI=1S/C33H33F3N8O2/c1-45-23-10-8-22(28(17-23)46-2)19-39-31-25-5-3-6-27(24(25)12-13-37-31)43-14-4-7-26(43)21-9-11-29(38-18-21)42-15-16-44-30(20-42)40-41-32(44)33(34,35)36/h3,5-6,8-13,17-18,26H,4,7,14-16,19-20H2,1-2H3,(H,37,39). The van der Waals surface area contributed by atoms with Gasteiger partial charge in [-0.2, -0.15) is 13.2 Å². The molecule has 0 amide bonds. The molecule has 0 radical (unpaired) electrons. The topological polar surface area (TPSA) is 93.5 Å². The molecule has 238 valence electrons. The van der Waals surface area contributed by atoms with Gasteiger partial charge in [-0.05, 0) is 48.7 Å². The molecule has 13 heteroatoms. The number of rotatable bonds is 8. The molecule has 2 aliphatic rings. The lowest BCUT2D eigenvalue weighted by atomic mass is 10.0. The minimum Gasteiger partial charge on any atom is -0.497 e. The zero-order valence-electron chi connectivity index (χ0n) is 25.5. The van der Waals surface area contributed by atoms with Crippen molar-refractivity contribution in [2.45, 2.75) is 44.7 Å². The molecular formula is C33H33F3N8O2. The summed E-state index contributed by atoms with van der Waals surface area (Å²) < 4.78 is 51.8. The molecule has 1 N–H and O–H groups in total. The van der Waals surface area contributed by atoms with Crippen LogP contribution in [0.3, 0.4) is 0 Å². The monoisotopic (exact) mass is 630 g/mol. The molecule has 0 saturated carbocycles. The summed E-state index contributed by atoms with van der Waals surface area (Å²) in [5.41, 5.74) is 3.22. The number of aromatic nitrogens is 5. The Morgan fingerprint density at radius 3 is 2.61 bits per heavy atom. The fourth-order valence-electron chi connectivity index (χ4n) is 6.50. The lowest BCUT2D eigenvalue weighted by Crippen LogP contribution is -2.35. The molecule has 2 aliphatic heterocycles. The van der Waals surface area contributed by atoms with Gasteiger partial charge in [0.05, 0.1) is 26.8 Å². The third-order valence-electron chi connectivity index (χ3n) is 8.77. The van der Waals surface area contributed by atoms with Crippen molar-refractivity contribution in [1.82, 2.24) is 24.7 Å².